The fraction of sp³-hybridized carbons (Fsp3) is 0.389. The molecule has 0 aromatic heterocycles. The molecule has 0 amide bonds. The molecule has 0 radical (unpaired) electrons. The highest BCUT2D eigenvalue weighted by atomic mass is 16.5. The third-order valence-corrected chi connectivity index (χ3v) is 5.24. The number of hydrogen-bond acceptors (Lipinski definition) is 3. The van der Waals surface area contributed by atoms with Crippen molar-refractivity contribution in [2.75, 3.05) is 13.7 Å². The van der Waals surface area contributed by atoms with Crippen molar-refractivity contribution < 1.29 is 14.3 Å². The minimum absolute atomic E-state index is 0.198. The molecule has 3 heteroatoms. The van der Waals surface area contributed by atoms with Crippen molar-refractivity contribution in [3.8, 4) is 11.5 Å². The number of carbonyl (C=O) groups excluding carboxylic acids is 1. The molecule has 2 aliphatic carbocycles. The lowest BCUT2D eigenvalue weighted by Gasteiger charge is -2.40. The van der Waals surface area contributed by atoms with Gasteiger partial charge in [0.2, 0.25) is 0 Å². The molecule has 0 unspecified atom stereocenters. The normalized spacial score (nSPS) is 29.6. The molecule has 3 nitrogen and oxygen atoms in total. The van der Waals surface area contributed by atoms with E-state index in [9.17, 15) is 4.79 Å². The van der Waals surface area contributed by atoms with Gasteiger partial charge < -0.3 is 9.47 Å². The highest BCUT2D eigenvalue weighted by molar-refractivity contribution is 5.99. The Kier molecular flexibility index (Phi) is 2.56. The molecule has 0 saturated carbocycles. The lowest BCUT2D eigenvalue weighted by molar-refractivity contribution is -0.123. The van der Waals surface area contributed by atoms with E-state index in [-0.39, 0.29) is 17.1 Å². The van der Waals surface area contributed by atoms with Gasteiger partial charge in [0, 0.05) is 23.0 Å². The molecule has 1 aromatic rings. The Morgan fingerprint density at radius 2 is 2.24 bits per heavy atom. The van der Waals surface area contributed by atoms with Gasteiger partial charge in [0.25, 0.3) is 0 Å². The van der Waals surface area contributed by atoms with Crippen molar-refractivity contribution in [2.45, 2.75) is 19.8 Å². The highest BCUT2D eigenvalue weighted by Crippen LogP contribution is 2.53. The summed E-state index contributed by atoms with van der Waals surface area (Å²) in [4.78, 5) is 12.2. The molecule has 1 aliphatic heterocycles. The molecule has 1 heterocycles. The third-order valence-electron chi connectivity index (χ3n) is 5.24. The summed E-state index contributed by atoms with van der Waals surface area (Å²) in [5.41, 5.74) is 3.54. The van der Waals surface area contributed by atoms with Crippen LogP contribution in [0.4, 0.5) is 0 Å². The smallest absolute Gasteiger partial charge is 0.162 e. The van der Waals surface area contributed by atoms with Gasteiger partial charge >= 0.3 is 0 Å². The van der Waals surface area contributed by atoms with Crippen molar-refractivity contribution in [3.63, 3.8) is 0 Å². The van der Waals surface area contributed by atoms with E-state index in [2.05, 4.69) is 19.1 Å². The van der Waals surface area contributed by atoms with Gasteiger partial charge in [0.15, 0.2) is 5.78 Å². The first-order chi connectivity index (χ1) is 10.1. The van der Waals surface area contributed by atoms with Crippen molar-refractivity contribution in [1.29, 1.82) is 0 Å². The summed E-state index contributed by atoms with van der Waals surface area (Å²) in [5.74, 6) is 2.17. The van der Waals surface area contributed by atoms with E-state index >= 15 is 0 Å². The minimum atomic E-state index is -0.258. The molecule has 1 aromatic carbocycles. The fourth-order valence-electron chi connectivity index (χ4n) is 3.89. The molecule has 21 heavy (non-hydrogen) atoms. The average Bonchev–Trinajstić information content (AvgIpc) is 2.82. The van der Waals surface area contributed by atoms with E-state index in [1.807, 2.05) is 12.1 Å². The summed E-state index contributed by atoms with van der Waals surface area (Å²) in [6.45, 7) is 2.67. The van der Waals surface area contributed by atoms with Gasteiger partial charge in [0.05, 0.1) is 7.11 Å². The first kappa shape index (κ1) is 12.7. The number of hydrogen-bond donors (Lipinski definition) is 0. The van der Waals surface area contributed by atoms with Gasteiger partial charge in [-0.1, -0.05) is 13.0 Å². The van der Waals surface area contributed by atoms with Crippen LogP contribution in [0.3, 0.4) is 0 Å². The van der Waals surface area contributed by atoms with E-state index in [1.165, 1.54) is 11.1 Å². The van der Waals surface area contributed by atoms with Gasteiger partial charge in [-0.25, -0.2) is 0 Å². The fourth-order valence-corrected chi connectivity index (χ4v) is 3.89. The molecule has 0 spiro atoms. The maximum absolute atomic E-state index is 12.2. The summed E-state index contributed by atoms with van der Waals surface area (Å²) in [7, 11) is 1.66. The van der Waals surface area contributed by atoms with E-state index < -0.39 is 0 Å². The van der Waals surface area contributed by atoms with Crippen LogP contribution in [0.1, 0.15) is 25.3 Å². The van der Waals surface area contributed by atoms with E-state index in [4.69, 9.17) is 9.47 Å². The lowest BCUT2D eigenvalue weighted by Crippen LogP contribution is -2.36. The van der Waals surface area contributed by atoms with Crippen molar-refractivity contribution in [3.05, 3.63) is 41.5 Å². The van der Waals surface area contributed by atoms with Gasteiger partial charge in [0.1, 0.15) is 18.1 Å². The number of carbonyl (C=O) groups is 1. The van der Waals surface area contributed by atoms with Crippen LogP contribution in [-0.2, 0) is 4.79 Å². The van der Waals surface area contributed by atoms with Crippen LogP contribution in [0.5, 0.6) is 11.5 Å². The maximum atomic E-state index is 12.2. The maximum Gasteiger partial charge on any atom is 0.162 e. The summed E-state index contributed by atoms with van der Waals surface area (Å²) in [6, 6.07) is 6.00. The van der Waals surface area contributed by atoms with Crippen molar-refractivity contribution in [2.24, 2.45) is 11.3 Å². The molecule has 4 rings (SSSR count). The van der Waals surface area contributed by atoms with Crippen LogP contribution in [0.15, 0.2) is 35.9 Å². The zero-order valence-electron chi connectivity index (χ0n) is 12.3. The molecule has 108 valence electrons. The Balaban J connectivity index is 1.83. The topological polar surface area (TPSA) is 35.5 Å². The Morgan fingerprint density at radius 1 is 1.38 bits per heavy atom. The van der Waals surface area contributed by atoms with Crippen LogP contribution in [0.2, 0.25) is 0 Å². The van der Waals surface area contributed by atoms with E-state index in [1.54, 1.807) is 13.2 Å². The third kappa shape index (κ3) is 1.63. The molecule has 0 bridgehead atoms. The molecule has 2 atom stereocenters. The Hall–Kier alpha value is -2.03. The second-order valence-corrected chi connectivity index (χ2v) is 6.27. The van der Waals surface area contributed by atoms with E-state index in [0.29, 0.717) is 6.61 Å². The number of benzene rings is 1. The lowest BCUT2D eigenvalue weighted by atomic mass is 9.65. The first-order valence-electron chi connectivity index (χ1n) is 7.39. The number of allylic oxidation sites excluding steroid dienone is 3. The van der Waals surface area contributed by atoms with Crippen LogP contribution in [0.25, 0.3) is 5.57 Å². The predicted octanol–water partition coefficient (Wildman–Crippen LogP) is 3.40. The second-order valence-electron chi connectivity index (χ2n) is 6.27. The monoisotopic (exact) mass is 282 g/mol. The first-order valence-corrected chi connectivity index (χ1v) is 7.39. The largest absolute Gasteiger partial charge is 0.497 e. The zero-order valence-corrected chi connectivity index (χ0v) is 12.3. The average molecular weight is 282 g/mol. The SMILES string of the molecule is COc1ccc2c(c1)OCC1=C2CC[C@]2(C)C(=O)C=C[C@@H]12. The second kappa shape index (κ2) is 4.23. The molecular weight excluding hydrogens is 264 g/mol. The van der Waals surface area contributed by atoms with Gasteiger partial charge in [-0.2, -0.15) is 0 Å². The van der Waals surface area contributed by atoms with Gasteiger partial charge in [-0.15, -0.1) is 0 Å². The Bertz CT molecular complexity index is 698. The van der Waals surface area contributed by atoms with Crippen molar-refractivity contribution >= 4 is 11.4 Å². The molecule has 0 fully saturated rings. The number of ether oxygens (including phenoxy) is 2. The predicted molar refractivity (Wildman–Crippen MR) is 80.4 cm³/mol. The standard InChI is InChI=1S/C18H18O3/c1-18-8-7-12-13-4-3-11(20-2)9-16(13)21-10-14(12)15(18)5-6-17(18)19/h3-6,9,15H,7-8,10H2,1-2H3/t15-,18-/m0/s1. The number of fused-ring (bicyclic) bond motifs is 4. The summed E-state index contributed by atoms with van der Waals surface area (Å²) >= 11 is 0. The van der Waals surface area contributed by atoms with Crippen LogP contribution in [0, 0.1) is 11.3 Å². The summed E-state index contributed by atoms with van der Waals surface area (Å²) < 4.78 is 11.2. The highest BCUT2D eigenvalue weighted by Gasteiger charge is 2.48. The van der Waals surface area contributed by atoms with Crippen LogP contribution >= 0.6 is 0 Å². The molecule has 3 aliphatic rings. The summed E-state index contributed by atoms with van der Waals surface area (Å²) in [5, 5.41) is 0. The molecule has 0 saturated heterocycles. The number of rotatable bonds is 1. The van der Waals surface area contributed by atoms with Crippen LogP contribution < -0.4 is 9.47 Å². The van der Waals surface area contributed by atoms with Crippen molar-refractivity contribution in [1.82, 2.24) is 0 Å². The van der Waals surface area contributed by atoms with Crippen LogP contribution in [-0.4, -0.2) is 19.5 Å². The Labute approximate surface area is 124 Å². The minimum Gasteiger partial charge on any atom is -0.497 e. The number of methoxy groups -OCH3 is 1. The molecule has 0 N–H and O–H groups in total. The number of ketones is 1. The van der Waals surface area contributed by atoms with Gasteiger partial charge in [-0.05, 0) is 42.2 Å². The zero-order chi connectivity index (χ0) is 14.6. The summed E-state index contributed by atoms with van der Waals surface area (Å²) in [6.07, 6.45) is 5.67. The Morgan fingerprint density at radius 3 is 3.05 bits per heavy atom. The van der Waals surface area contributed by atoms with E-state index in [0.717, 1.165) is 29.9 Å². The van der Waals surface area contributed by atoms with Gasteiger partial charge in [-0.3, -0.25) is 4.79 Å². The molecular formula is C18H18O3. The quantitative estimate of drug-likeness (QED) is 0.792.